The largest absolute Gasteiger partial charge is 0.480 e. The van der Waals surface area contributed by atoms with Crippen molar-refractivity contribution in [2.24, 2.45) is 11.1 Å². The van der Waals surface area contributed by atoms with Crippen LogP contribution >= 0.6 is 0 Å². The zero-order chi connectivity index (χ0) is 15.9. The summed E-state index contributed by atoms with van der Waals surface area (Å²) in [6, 6.07) is -1.06. The number of rotatable bonds is 8. The Morgan fingerprint density at radius 3 is 2.43 bits per heavy atom. The minimum atomic E-state index is -1.13. The molecule has 0 aromatic carbocycles. The molecule has 0 unspecified atom stereocenters. The van der Waals surface area contributed by atoms with Gasteiger partial charge in [0.15, 0.2) is 0 Å². The van der Waals surface area contributed by atoms with E-state index in [4.69, 9.17) is 10.8 Å². The van der Waals surface area contributed by atoms with Gasteiger partial charge in [0.25, 0.3) is 0 Å². The van der Waals surface area contributed by atoms with Crippen LogP contribution in [-0.4, -0.2) is 42.0 Å². The van der Waals surface area contributed by atoms with Crippen molar-refractivity contribution in [3.8, 4) is 0 Å². The number of piperidine rings is 1. The lowest BCUT2D eigenvalue weighted by Gasteiger charge is -2.37. The SMILES string of the molecule is CCCC1(C(=O)N[C@@H](CCC(N)=O)C(=O)O)CCNCC1. The second-order valence-corrected chi connectivity index (χ2v) is 5.65. The highest BCUT2D eigenvalue weighted by Gasteiger charge is 2.40. The van der Waals surface area contributed by atoms with E-state index in [9.17, 15) is 14.4 Å². The number of nitrogens with one attached hydrogen (secondary N) is 2. The summed E-state index contributed by atoms with van der Waals surface area (Å²) in [6.07, 6.45) is 2.98. The van der Waals surface area contributed by atoms with Crippen LogP contribution < -0.4 is 16.4 Å². The maximum absolute atomic E-state index is 12.6. The highest BCUT2D eigenvalue weighted by molar-refractivity contribution is 5.88. The van der Waals surface area contributed by atoms with Crippen LogP contribution in [0.1, 0.15) is 45.4 Å². The van der Waals surface area contributed by atoms with Crippen molar-refractivity contribution in [2.75, 3.05) is 13.1 Å². The van der Waals surface area contributed by atoms with Crippen molar-refractivity contribution >= 4 is 17.8 Å². The lowest BCUT2D eigenvalue weighted by Crippen LogP contribution is -2.52. The summed E-state index contributed by atoms with van der Waals surface area (Å²) < 4.78 is 0. The van der Waals surface area contributed by atoms with Crippen LogP contribution in [0.15, 0.2) is 0 Å². The van der Waals surface area contributed by atoms with Gasteiger partial charge in [0.1, 0.15) is 6.04 Å². The molecule has 0 aromatic rings. The van der Waals surface area contributed by atoms with Gasteiger partial charge < -0.3 is 21.5 Å². The van der Waals surface area contributed by atoms with E-state index in [-0.39, 0.29) is 18.7 Å². The first-order valence-corrected chi connectivity index (χ1v) is 7.44. The predicted molar refractivity (Wildman–Crippen MR) is 77.4 cm³/mol. The number of carbonyl (C=O) groups is 3. The smallest absolute Gasteiger partial charge is 0.326 e. The van der Waals surface area contributed by atoms with Crippen LogP contribution in [-0.2, 0) is 14.4 Å². The number of hydrogen-bond acceptors (Lipinski definition) is 4. The summed E-state index contributed by atoms with van der Waals surface area (Å²) >= 11 is 0. The number of aliphatic carboxylic acids is 1. The van der Waals surface area contributed by atoms with E-state index in [0.29, 0.717) is 12.8 Å². The van der Waals surface area contributed by atoms with Crippen molar-refractivity contribution in [1.82, 2.24) is 10.6 Å². The molecule has 1 heterocycles. The molecular formula is C14H25N3O4. The third-order valence-corrected chi connectivity index (χ3v) is 4.05. The molecule has 7 heteroatoms. The molecule has 0 radical (unpaired) electrons. The molecule has 1 saturated heterocycles. The quantitative estimate of drug-likeness (QED) is 0.502. The zero-order valence-corrected chi connectivity index (χ0v) is 12.5. The van der Waals surface area contributed by atoms with Crippen LogP contribution in [0, 0.1) is 5.41 Å². The van der Waals surface area contributed by atoms with Crippen molar-refractivity contribution in [3.63, 3.8) is 0 Å². The number of carboxylic acid groups (broad SMARTS) is 1. The third kappa shape index (κ3) is 5.00. The van der Waals surface area contributed by atoms with Crippen LogP contribution in [0.2, 0.25) is 0 Å². The molecule has 0 aliphatic carbocycles. The fourth-order valence-corrected chi connectivity index (χ4v) is 2.83. The predicted octanol–water partition coefficient (Wildman–Crippen LogP) is -0.00880. The first-order valence-electron chi connectivity index (χ1n) is 7.44. The fraction of sp³-hybridized carbons (Fsp3) is 0.786. The third-order valence-electron chi connectivity index (χ3n) is 4.05. The van der Waals surface area contributed by atoms with Gasteiger partial charge in [-0.2, -0.15) is 0 Å². The lowest BCUT2D eigenvalue weighted by molar-refractivity contribution is -0.145. The first-order chi connectivity index (χ1) is 9.91. The van der Waals surface area contributed by atoms with Gasteiger partial charge in [-0.15, -0.1) is 0 Å². The van der Waals surface area contributed by atoms with E-state index in [1.54, 1.807) is 0 Å². The summed E-state index contributed by atoms with van der Waals surface area (Å²) in [6.45, 7) is 3.53. The molecule has 0 saturated carbocycles. The van der Waals surface area contributed by atoms with Gasteiger partial charge in [-0.05, 0) is 38.8 Å². The Labute approximate surface area is 124 Å². The maximum atomic E-state index is 12.6. The molecule has 7 nitrogen and oxygen atoms in total. The molecule has 1 aliphatic heterocycles. The number of amides is 2. The van der Waals surface area contributed by atoms with Gasteiger partial charge in [0, 0.05) is 6.42 Å². The number of primary amides is 1. The van der Waals surface area contributed by atoms with Crippen molar-refractivity contribution in [2.45, 2.75) is 51.5 Å². The van der Waals surface area contributed by atoms with E-state index < -0.39 is 23.3 Å². The molecule has 1 rings (SSSR count). The highest BCUT2D eigenvalue weighted by Crippen LogP contribution is 2.34. The number of nitrogens with two attached hydrogens (primary N) is 1. The van der Waals surface area contributed by atoms with Gasteiger partial charge in [0.05, 0.1) is 5.41 Å². The van der Waals surface area contributed by atoms with E-state index in [0.717, 1.165) is 25.9 Å². The summed E-state index contributed by atoms with van der Waals surface area (Å²) in [5.74, 6) is -1.92. The molecule has 1 fully saturated rings. The second kappa shape index (κ2) is 7.97. The molecule has 0 spiro atoms. The van der Waals surface area contributed by atoms with Gasteiger partial charge >= 0.3 is 5.97 Å². The zero-order valence-electron chi connectivity index (χ0n) is 12.5. The van der Waals surface area contributed by atoms with E-state index in [2.05, 4.69) is 10.6 Å². The fourth-order valence-electron chi connectivity index (χ4n) is 2.83. The molecule has 1 aliphatic rings. The van der Waals surface area contributed by atoms with Crippen LogP contribution in [0.5, 0.6) is 0 Å². The Morgan fingerprint density at radius 1 is 1.33 bits per heavy atom. The van der Waals surface area contributed by atoms with Gasteiger partial charge in [-0.25, -0.2) is 4.79 Å². The average Bonchev–Trinajstić information content (AvgIpc) is 2.43. The Balaban J connectivity index is 2.72. The molecule has 1 atom stereocenters. The topological polar surface area (TPSA) is 122 Å². The second-order valence-electron chi connectivity index (χ2n) is 5.65. The van der Waals surface area contributed by atoms with Crippen LogP contribution in [0.25, 0.3) is 0 Å². The minimum Gasteiger partial charge on any atom is -0.480 e. The molecule has 120 valence electrons. The van der Waals surface area contributed by atoms with Crippen molar-refractivity contribution < 1.29 is 19.5 Å². The Morgan fingerprint density at radius 2 is 1.95 bits per heavy atom. The standard InChI is InChI=1S/C14H25N3O4/c1-2-5-14(6-8-16-9-7-14)13(21)17-10(12(19)20)3-4-11(15)18/h10,16H,2-9H2,1H3,(H2,15,18)(H,17,21)(H,19,20)/t10-/m0/s1. The monoisotopic (exact) mass is 299 g/mol. The first kappa shape index (κ1) is 17.4. The number of carboxylic acids is 1. The minimum absolute atomic E-state index is 0.0247. The normalized spacial score (nSPS) is 18.7. The van der Waals surface area contributed by atoms with Crippen molar-refractivity contribution in [1.29, 1.82) is 0 Å². The van der Waals surface area contributed by atoms with Gasteiger partial charge in [0.2, 0.25) is 11.8 Å². The molecular weight excluding hydrogens is 274 g/mol. The maximum Gasteiger partial charge on any atom is 0.326 e. The molecule has 21 heavy (non-hydrogen) atoms. The Hall–Kier alpha value is -1.63. The van der Waals surface area contributed by atoms with E-state index >= 15 is 0 Å². The summed E-state index contributed by atoms with van der Waals surface area (Å²) in [5.41, 5.74) is 4.54. The van der Waals surface area contributed by atoms with Crippen molar-refractivity contribution in [3.05, 3.63) is 0 Å². The van der Waals surface area contributed by atoms with Gasteiger partial charge in [-0.1, -0.05) is 13.3 Å². The Bertz CT molecular complexity index is 386. The Kier molecular flexibility index (Phi) is 6.61. The number of hydrogen-bond donors (Lipinski definition) is 4. The summed E-state index contributed by atoms with van der Waals surface area (Å²) in [5, 5.41) is 15.0. The lowest BCUT2D eigenvalue weighted by atomic mass is 9.74. The van der Waals surface area contributed by atoms with E-state index in [1.165, 1.54) is 0 Å². The van der Waals surface area contributed by atoms with Gasteiger partial charge in [-0.3, -0.25) is 9.59 Å². The molecule has 5 N–H and O–H groups in total. The van der Waals surface area contributed by atoms with E-state index in [1.807, 2.05) is 6.92 Å². The molecule has 0 bridgehead atoms. The number of carbonyl (C=O) groups excluding carboxylic acids is 2. The van der Waals surface area contributed by atoms with Crippen LogP contribution in [0.3, 0.4) is 0 Å². The molecule has 2 amide bonds. The summed E-state index contributed by atoms with van der Waals surface area (Å²) in [7, 11) is 0. The van der Waals surface area contributed by atoms with Crippen LogP contribution in [0.4, 0.5) is 0 Å². The molecule has 0 aromatic heterocycles. The summed E-state index contributed by atoms with van der Waals surface area (Å²) in [4.78, 5) is 34.6. The average molecular weight is 299 g/mol. The highest BCUT2D eigenvalue weighted by atomic mass is 16.4.